The van der Waals surface area contributed by atoms with Crippen molar-refractivity contribution in [3.63, 3.8) is 0 Å². The molecule has 1 amide bonds. The van der Waals surface area contributed by atoms with E-state index in [4.69, 9.17) is 4.74 Å². The molecule has 132 valence electrons. The van der Waals surface area contributed by atoms with Crippen molar-refractivity contribution in [1.82, 2.24) is 0 Å². The molecule has 0 saturated heterocycles. The van der Waals surface area contributed by atoms with Gasteiger partial charge in [-0.25, -0.2) is 4.79 Å². The molecule has 0 saturated carbocycles. The Bertz CT molecular complexity index is 753. The fourth-order valence-electron chi connectivity index (χ4n) is 2.43. The van der Waals surface area contributed by atoms with Crippen LogP contribution in [0.5, 0.6) is 0 Å². The van der Waals surface area contributed by atoms with Gasteiger partial charge in [0, 0.05) is 5.69 Å². The first-order valence-corrected chi connectivity index (χ1v) is 8.64. The number of rotatable bonds is 4. The molecule has 3 nitrogen and oxygen atoms in total. The number of carbonyl (C=O) groups is 1. The second kappa shape index (κ2) is 8.02. The molecule has 0 spiro atoms. The molecule has 0 heterocycles. The highest BCUT2D eigenvalue weighted by molar-refractivity contribution is 5.85. The van der Waals surface area contributed by atoms with Crippen LogP contribution in [-0.2, 0) is 11.2 Å². The van der Waals surface area contributed by atoms with Crippen molar-refractivity contribution in [3.05, 3.63) is 64.7 Å². The molecule has 0 aliphatic rings. The molecule has 0 aromatic heterocycles. The summed E-state index contributed by atoms with van der Waals surface area (Å²) >= 11 is 0. The van der Waals surface area contributed by atoms with E-state index >= 15 is 0 Å². The summed E-state index contributed by atoms with van der Waals surface area (Å²) in [4.78, 5) is 11.8. The second-order valence-electron chi connectivity index (χ2n) is 7.13. The Balaban J connectivity index is 2.01. The van der Waals surface area contributed by atoms with Gasteiger partial charge in [0.1, 0.15) is 5.60 Å². The number of benzene rings is 2. The minimum absolute atomic E-state index is 0.442. The Morgan fingerprint density at radius 1 is 1.08 bits per heavy atom. The van der Waals surface area contributed by atoms with Crippen molar-refractivity contribution in [2.24, 2.45) is 0 Å². The quantitative estimate of drug-likeness (QED) is 0.687. The number of aryl methyl sites for hydroxylation is 2. The number of carbonyl (C=O) groups excluding carboxylic acids is 1. The van der Waals surface area contributed by atoms with Crippen molar-refractivity contribution in [3.8, 4) is 0 Å². The first-order chi connectivity index (χ1) is 11.8. The number of ether oxygens (including phenoxy) is 1. The molecule has 3 heteroatoms. The summed E-state index contributed by atoms with van der Waals surface area (Å²) in [6, 6.07) is 14.2. The zero-order valence-electron chi connectivity index (χ0n) is 15.7. The normalized spacial score (nSPS) is 11.6. The van der Waals surface area contributed by atoms with Gasteiger partial charge in [-0.3, -0.25) is 5.32 Å². The molecule has 2 aromatic carbocycles. The molecule has 0 fully saturated rings. The van der Waals surface area contributed by atoms with Crippen LogP contribution in [0.25, 0.3) is 12.2 Å². The molecule has 1 N–H and O–H groups in total. The maximum Gasteiger partial charge on any atom is 0.412 e. The lowest BCUT2D eigenvalue weighted by atomic mass is 10.0. The monoisotopic (exact) mass is 337 g/mol. The average molecular weight is 337 g/mol. The predicted octanol–water partition coefficient (Wildman–Crippen LogP) is 6.07. The molecule has 0 aliphatic heterocycles. The van der Waals surface area contributed by atoms with Crippen molar-refractivity contribution in [1.29, 1.82) is 0 Å². The van der Waals surface area contributed by atoms with Crippen LogP contribution in [0.4, 0.5) is 10.5 Å². The second-order valence-corrected chi connectivity index (χ2v) is 7.13. The van der Waals surface area contributed by atoms with Crippen molar-refractivity contribution in [2.75, 3.05) is 5.32 Å². The molecule has 25 heavy (non-hydrogen) atoms. The van der Waals surface area contributed by atoms with E-state index in [2.05, 4.69) is 49.5 Å². The van der Waals surface area contributed by atoms with Crippen LogP contribution < -0.4 is 5.32 Å². The fraction of sp³-hybridized carbons (Fsp3) is 0.318. The summed E-state index contributed by atoms with van der Waals surface area (Å²) < 4.78 is 5.25. The smallest absolute Gasteiger partial charge is 0.412 e. The Morgan fingerprint density at radius 2 is 1.76 bits per heavy atom. The van der Waals surface area contributed by atoms with Crippen LogP contribution in [0.15, 0.2) is 42.5 Å². The lowest BCUT2D eigenvalue weighted by Gasteiger charge is -2.19. The van der Waals surface area contributed by atoms with Crippen LogP contribution >= 0.6 is 0 Å². The Hall–Kier alpha value is -2.55. The summed E-state index contributed by atoms with van der Waals surface area (Å²) in [5.74, 6) is 0. The maximum absolute atomic E-state index is 11.8. The van der Waals surface area contributed by atoms with E-state index in [0.29, 0.717) is 0 Å². The van der Waals surface area contributed by atoms with Crippen LogP contribution in [0.1, 0.15) is 49.9 Å². The number of nitrogens with one attached hydrogen (secondary N) is 1. The molecule has 0 atom stereocenters. The van der Waals surface area contributed by atoms with Gasteiger partial charge in [0.2, 0.25) is 0 Å². The fourth-order valence-corrected chi connectivity index (χ4v) is 2.43. The first-order valence-electron chi connectivity index (χ1n) is 8.64. The van der Waals surface area contributed by atoms with Crippen LogP contribution in [-0.4, -0.2) is 11.7 Å². The molecule has 0 bridgehead atoms. The molecule has 2 aromatic rings. The van der Waals surface area contributed by atoms with Gasteiger partial charge in [0.15, 0.2) is 0 Å². The van der Waals surface area contributed by atoms with E-state index in [1.807, 2.05) is 45.0 Å². The van der Waals surface area contributed by atoms with E-state index in [1.165, 1.54) is 16.7 Å². The molecule has 0 radical (unpaired) electrons. The largest absolute Gasteiger partial charge is 0.444 e. The van der Waals surface area contributed by atoms with Crippen molar-refractivity contribution < 1.29 is 9.53 Å². The van der Waals surface area contributed by atoms with E-state index in [0.717, 1.165) is 17.7 Å². The summed E-state index contributed by atoms with van der Waals surface area (Å²) in [7, 11) is 0. The van der Waals surface area contributed by atoms with Crippen molar-refractivity contribution >= 4 is 23.9 Å². The molecular weight excluding hydrogens is 310 g/mol. The van der Waals surface area contributed by atoms with Gasteiger partial charge in [-0.1, -0.05) is 49.4 Å². The predicted molar refractivity (Wildman–Crippen MR) is 106 cm³/mol. The minimum Gasteiger partial charge on any atom is -0.444 e. The van der Waals surface area contributed by atoms with E-state index in [-0.39, 0.29) is 0 Å². The summed E-state index contributed by atoms with van der Waals surface area (Å²) in [6.07, 6.45) is 4.80. The topological polar surface area (TPSA) is 38.3 Å². The van der Waals surface area contributed by atoms with Gasteiger partial charge in [-0.2, -0.15) is 0 Å². The van der Waals surface area contributed by atoms with Crippen molar-refractivity contribution in [2.45, 2.75) is 46.6 Å². The van der Waals surface area contributed by atoms with Crippen LogP contribution in [0, 0.1) is 6.92 Å². The number of hydrogen-bond donors (Lipinski definition) is 1. The molecular formula is C22H27NO2. The van der Waals surface area contributed by atoms with Crippen LogP contribution in [0.2, 0.25) is 0 Å². The zero-order valence-corrected chi connectivity index (χ0v) is 15.7. The highest BCUT2D eigenvalue weighted by atomic mass is 16.6. The SMILES string of the molecule is CCc1ccc(/C=C/c2ccc(NC(=O)OC(C)(C)C)cc2)c(C)c1. The Morgan fingerprint density at radius 3 is 2.32 bits per heavy atom. The van der Waals surface area contributed by atoms with Crippen LogP contribution in [0.3, 0.4) is 0 Å². The highest BCUT2D eigenvalue weighted by Gasteiger charge is 2.15. The van der Waals surface area contributed by atoms with Gasteiger partial charge in [0.25, 0.3) is 0 Å². The minimum atomic E-state index is -0.502. The molecule has 0 aliphatic carbocycles. The number of hydrogen-bond acceptors (Lipinski definition) is 2. The summed E-state index contributed by atoms with van der Waals surface area (Å²) in [5.41, 5.74) is 5.14. The summed E-state index contributed by atoms with van der Waals surface area (Å²) in [5, 5.41) is 2.74. The van der Waals surface area contributed by atoms with E-state index in [9.17, 15) is 4.79 Å². The number of amides is 1. The molecule has 2 rings (SSSR count). The zero-order chi connectivity index (χ0) is 18.4. The highest BCUT2D eigenvalue weighted by Crippen LogP contribution is 2.17. The molecule has 0 unspecified atom stereocenters. The third kappa shape index (κ3) is 6.11. The average Bonchev–Trinajstić information content (AvgIpc) is 2.53. The maximum atomic E-state index is 11.8. The van der Waals surface area contributed by atoms with Gasteiger partial charge in [0.05, 0.1) is 0 Å². The third-order valence-electron chi connectivity index (χ3n) is 3.75. The van der Waals surface area contributed by atoms with Gasteiger partial charge in [-0.15, -0.1) is 0 Å². The lowest BCUT2D eigenvalue weighted by Crippen LogP contribution is -2.27. The van der Waals surface area contributed by atoms with Gasteiger partial charge < -0.3 is 4.74 Å². The number of anilines is 1. The Kier molecular flexibility index (Phi) is 6.02. The van der Waals surface area contributed by atoms with E-state index < -0.39 is 11.7 Å². The third-order valence-corrected chi connectivity index (χ3v) is 3.75. The lowest BCUT2D eigenvalue weighted by molar-refractivity contribution is 0.0636. The standard InChI is InChI=1S/C22H27NO2/c1-6-17-7-11-19(16(2)15-17)12-8-18-9-13-20(14-10-18)23-21(24)25-22(3,4)5/h7-15H,6H2,1-5H3,(H,23,24)/b12-8+. The van der Waals surface area contributed by atoms with Gasteiger partial charge in [-0.05, 0) is 68.5 Å². The van der Waals surface area contributed by atoms with E-state index in [1.54, 1.807) is 0 Å². The first kappa shape index (κ1) is 18.8. The summed E-state index contributed by atoms with van der Waals surface area (Å²) in [6.45, 7) is 9.82. The van der Waals surface area contributed by atoms with Gasteiger partial charge >= 0.3 is 6.09 Å². The Labute approximate surface area is 150 Å².